The summed E-state index contributed by atoms with van der Waals surface area (Å²) < 4.78 is 12.0. The van der Waals surface area contributed by atoms with Crippen molar-refractivity contribution in [1.82, 2.24) is 5.32 Å². The highest BCUT2D eigenvalue weighted by Gasteiger charge is 2.19. The molecular weight excluding hydrogens is 434 g/mol. The number of nitrogens with one attached hydrogen (secondary N) is 1. The lowest BCUT2D eigenvalue weighted by Crippen LogP contribution is -2.26. The zero-order valence-electron chi connectivity index (χ0n) is 19.9. The van der Waals surface area contributed by atoms with E-state index in [4.69, 9.17) is 21.1 Å². The predicted molar refractivity (Wildman–Crippen MR) is 134 cm³/mol. The van der Waals surface area contributed by atoms with E-state index in [1.165, 1.54) is 0 Å². The molecule has 1 amide bonds. The van der Waals surface area contributed by atoms with Crippen molar-refractivity contribution < 1.29 is 14.3 Å². The zero-order valence-corrected chi connectivity index (χ0v) is 20.7. The average molecular weight is 466 g/mol. The first kappa shape index (κ1) is 24.7. The van der Waals surface area contributed by atoms with Gasteiger partial charge in [0.25, 0.3) is 5.91 Å². The highest BCUT2D eigenvalue weighted by atomic mass is 35.5. The second-order valence-corrected chi connectivity index (χ2v) is 9.47. The summed E-state index contributed by atoms with van der Waals surface area (Å²) in [7, 11) is 0. The van der Waals surface area contributed by atoms with Gasteiger partial charge in [-0.3, -0.25) is 4.79 Å². The maximum absolute atomic E-state index is 13.0. The third-order valence-corrected chi connectivity index (χ3v) is 5.67. The molecule has 0 aromatic heterocycles. The van der Waals surface area contributed by atoms with E-state index in [2.05, 4.69) is 32.2 Å². The third-order valence-electron chi connectivity index (χ3n) is 5.42. The van der Waals surface area contributed by atoms with E-state index >= 15 is 0 Å². The Morgan fingerprint density at radius 3 is 2.33 bits per heavy atom. The lowest BCUT2D eigenvalue weighted by atomic mass is 9.86. The number of amides is 1. The Kier molecular flexibility index (Phi) is 8.04. The van der Waals surface area contributed by atoms with Gasteiger partial charge in [-0.1, -0.05) is 62.7 Å². The number of hydrogen-bond acceptors (Lipinski definition) is 3. The van der Waals surface area contributed by atoms with Gasteiger partial charge in [0.1, 0.15) is 18.1 Å². The fourth-order valence-corrected chi connectivity index (χ4v) is 3.74. The van der Waals surface area contributed by atoms with Gasteiger partial charge in [0.15, 0.2) is 0 Å². The molecule has 33 heavy (non-hydrogen) atoms. The Morgan fingerprint density at radius 1 is 0.970 bits per heavy atom. The van der Waals surface area contributed by atoms with Crippen molar-refractivity contribution in [3.8, 4) is 11.5 Å². The Balaban J connectivity index is 1.79. The second kappa shape index (κ2) is 10.8. The highest BCUT2D eigenvalue weighted by molar-refractivity contribution is 6.30. The molecule has 0 spiro atoms. The van der Waals surface area contributed by atoms with E-state index in [9.17, 15) is 4.79 Å². The predicted octanol–water partition coefficient (Wildman–Crippen LogP) is 7.11. The molecule has 3 rings (SSSR count). The summed E-state index contributed by atoms with van der Waals surface area (Å²) in [6, 6.07) is 20.8. The van der Waals surface area contributed by atoms with Crippen molar-refractivity contribution >= 4 is 17.5 Å². The molecule has 3 aromatic carbocycles. The van der Waals surface area contributed by atoms with Gasteiger partial charge in [-0.05, 0) is 66.8 Å². The number of ether oxygens (including phenoxy) is 2. The van der Waals surface area contributed by atoms with Crippen LogP contribution in [0.1, 0.15) is 67.7 Å². The van der Waals surface area contributed by atoms with Gasteiger partial charge in [0.2, 0.25) is 0 Å². The highest BCUT2D eigenvalue weighted by Crippen LogP contribution is 2.32. The minimum atomic E-state index is -0.156. The van der Waals surface area contributed by atoms with Gasteiger partial charge in [-0.2, -0.15) is 0 Å². The molecule has 1 N–H and O–H groups in total. The van der Waals surface area contributed by atoms with Gasteiger partial charge < -0.3 is 14.8 Å². The summed E-state index contributed by atoms with van der Waals surface area (Å²) in [5, 5.41) is 3.72. The van der Waals surface area contributed by atoms with E-state index < -0.39 is 0 Å². The van der Waals surface area contributed by atoms with Crippen LogP contribution in [0.15, 0.2) is 66.7 Å². The quantitative estimate of drug-likeness (QED) is 0.385. The summed E-state index contributed by atoms with van der Waals surface area (Å²) in [4.78, 5) is 13.0. The van der Waals surface area contributed by atoms with Crippen molar-refractivity contribution in [3.05, 3.63) is 94.0 Å². The molecule has 4 nitrogen and oxygen atoms in total. The molecule has 5 heteroatoms. The smallest absolute Gasteiger partial charge is 0.251 e. The number of carbonyl (C=O) groups excluding carboxylic acids is 1. The Morgan fingerprint density at radius 2 is 1.67 bits per heavy atom. The van der Waals surface area contributed by atoms with Crippen LogP contribution in [0.2, 0.25) is 5.02 Å². The summed E-state index contributed by atoms with van der Waals surface area (Å²) in [5.74, 6) is 1.39. The Labute approximate surface area is 201 Å². The van der Waals surface area contributed by atoms with E-state index in [0.29, 0.717) is 29.5 Å². The van der Waals surface area contributed by atoms with Gasteiger partial charge in [0.05, 0.1) is 12.6 Å². The van der Waals surface area contributed by atoms with Gasteiger partial charge in [0, 0.05) is 16.1 Å². The lowest BCUT2D eigenvalue weighted by Gasteiger charge is -2.23. The van der Waals surface area contributed by atoms with Crippen LogP contribution in [0.25, 0.3) is 0 Å². The summed E-state index contributed by atoms with van der Waals surface area (Å²) >= 11 is 5.97. The van der Waals surface area contributed by atoms with Crippen molar-refractivity contribution in [1.29, 1.82) is 0 Å². The third kappa shape index (κ3) is 6.52. The number of para-hydroxylation sites is 1. The first-order valence-corrected chi connectivity index (χ1v) is 11.6. The van der Waals surface area contributed by atoms with Crippen molar-refractivity contribution in [2.24, 2.45) is 0 Å². The zero-order chi connectivity index (χ0) is 24.0. The van der Waals surface area contributed by atoms with Gasteiger partial charge in [-0.15, -0.1) is 0 Å². The molecule has 0 fully saturated rings. The summed E-state index contributed by atoms with van der Waals surface area (Å²) in [6.45, 7) is 11.2. The topological polar surface area (TPSA) is 47.6 Å². The van der Waals surface area contributed by atoms with Crippen LogP contribution < -0.4 is 14.8 Å². The van der Waals surface area contributed by atoms with Crippen LogP contribution in [0.5, 0.6) is 11.5 Å². The maximum Gasteiger partial charge on any atom is 0.251 e. The van der Waals surface area contributed by atoms with Gasteiger partial charge in [-0.25, -0.2) is 0 Å². The van der Waals surface area contributed by atoms with E-state index in [1.54, 1.807) is 6.07 Å². The van der Waals surface area contributed by atoms with E-state index in [-0.39, 0.29) is 17.4 Å². The lowest BCUT2D eigenvalue weighted by molar-refractivity contribution is 0.0939. The minimum Gasteiger partial charge on any atom is -0.493 e. The summed E-state index contributed by atoms with van der Waals surface area (Å²) in [6.07, 6.45) is 0. The first-order chi connectivity index (χ1) is 15.7. The van der Waals surface area contributed by atoms with Crippen LogP contribution in [-0.4, -0.2) is 12.5 Å². The SMILES string of the molecule is CCOc1ccc(C(=O)N[C@@H](C)c2ccc(Cl)cc2)cc1COc1ccccc1C(C)(C)C. The Bertz CT molecular complexity index is 1090. The molecule has 0 unspecified atom stereocenters. The molecule has 0 saturated heterocycles. The van der Waals surface area contributed by atoms with Crippen molar-refractivity contribution in [3.63, 3.8) is 0 Å². The summed E-state index contributed by atoms with van der Waals surface area (Å²) in [5.41, 5.74) is 3.46. The molecule has 3 aromatic rings. The molecule has 0 bridgehead atoms. The number of halogens is 1. The average Bonchev–Trinajstić information content (AvgIpc) is 2.78. The largest absolute Gasteiger partial charge is 0.493 e. The fourth-order valence-electron chi connectivity index (χ4n) is 3.61. The van der Waals surface area contributed by atoms with Crippen LogP contribution in [0.3, 0.4) is 0 Å². The number of benzene rings is 3. The van der Waals surface area contributed by atoms with Crippen LogP contribution >= 0.6 is 11.6 Å². The fraction of sp³-hybridized carbons (Fsp3) is 0.321. The monoisotopic (exact) mass is 465 g/mol. The molecule has 0 aliphatic rings. The van der Waals surface area contributed by atoms with Crippen LogP contribution in [0.4, 0.5) is 0 Å². The van der Waals surface area contributed by atoms with Crippen molar-refractivity contribution in [2.45, 2.75) is 52.7 Å². The second-order valence-electron chi connectivity index (χ2n) is 9.04. The molecule has 0 saturated carbocycles. The van der Waals surface area contributed by atoms with Crippen LogP contribution in [0, 0.1) is 0 Å². The molecule has 1 atom stereocenters. The Hall–Kier alpha value is -2.98. The normalized spacial score (nSPS) is 12.2. The first-order valence-electron chi connectivity index (χ1n) is 11.2. The number of carbonyl (C=O) groups is 1. The molecular formula is C28H32ClNO3. The maximum atomic E-state index is 13.0. The van der Waals surface area contributed by atoms with Gasteiger partial charge >= 0.3 is 0 Å². The molecule has 0 radical (unpaired) electrons. The molecule has 0 aliphatic carbocycles. The molecule has 0 heterocycles. The van der Waals surface area contributed by atoms with E-state index in [1.807, 2.05) is 68.4 Å². The van der Waals surface area contributed by atoms with Crippen LogP contribution in [-0.2, 0) is 12.0 Å². The van der Waals surface area contributed by atoms with E-state index in [0.717, 1.165) is 22.4 Å². The van der Waals surface area contributed by atoms with Crippen molar-refractivity contribution in [2.75, 3.05) is 6.61 Å². The minimum absolute atomic E-state index is 0.0428. The molecule has 174 valence electrons. The standard InChI is InChI=1S/C28H32ClNO3/c1-6-32-25-16-13-21(27(31)30-19(2)20-11-14-23(29)15-12-20)17-22(25)18-33-26-10-8-7-9-24(26)28(3,4)5/h7-17,19H,6,18H2,1-5H3,(H,30,31)/t19-/m0/s1. The molecule has 0 aliphatic heterocycles. The number of hydrogen-bond donors (Lipinski definition) is 1. The number of rotatable bonds is 8.